The number of hydrogen-bond donors (Lipinski definition) is 1. The van der Waals surface area contributed by atoms with Crippen LogP contribution in [0, 0.1) is 5.82 Å². The SMILES string of the molecule is O[C@@]1(COc2cccc(F)c2)COCCN(Cc2cncnc2)C1. The molecule has 1 atom stereocenters. The first-order valence-corrected chi connectivity index (χ1v) is 7.78. The lowest BCUT2D eigenvalue weighted by Gasteiger charge is -2.30. The van der Waals surface area contributed by atoms with Crippen LogP contribution >= 0.6 is 0 Å². The van der Waals surface area contributed by atoms with Crippen molar-refractivity contribution in [1.29, 1.82) is 0 Å². The molecule has 1 aliphatic heterocycles. The van der Waals surface area contributed by atoms with Gasteiger partial charge in [-0.2, -0.15) is 0 Å². The molecule has 6 nitrogen and oxygen atoms in total. The topological polar surface area (TPSA) is 67.7 Å². The highest BCUT2D eigenvalue weighted by molar-refractivity contribution is 5.22. The standard InChI is InChI=1S/C17H20FN3O3/c18-15-2-1-3-16(6-15)24-12-17(22)10-21(4-5-23-11-17)9-14-7-19-13-20-8-14/h1-3,6-8,13,22H,4-5,9-12H2/t17-/m1/s1. The van der Waals surface area contributed by atoms with E-state index in [4.69, 9.17) is 9.47 Å². The Balaban J connectivity index is 1.62. The van der Waals surface area contributed by atoms with Crippen molar-refractivity contribution in [3.63, 3.8) is 0 Å². The molecular formula is C17H20FN3O3. The average Bonchev–Trinajstić information content (AvgIpc) is 2.76. The number of hydrogen-bond acceptors (Lipinski definition) is 6. The summed E-state index contributed by atoms with van der Waals surface area (Å²) in [5, 5.41) is 10.8. The fourth-order valence-electron chi connectivity index (χ4n) is 2.66. The van der Waals surface area contributed by atoms with Gasteiger partial charge in [-0.3, -0.25) is 4.90 Å². The van der Waals surface area contributed by atoms with Gasteiger partial charge in [0.15, 0.2) is 0 Å². The van der Waals surface area contributed by atoms with Gasteiger partial charge in [0.05, 0.1) is 13.2 Å². The summed E-state index contributed by atoms with van der Waals surface area (Å²) in [5.74, 6) is 0.0120. The largest absolute Gasteiger partial charge is 0.490 e. The Labute approximate surface area is 139 Å². The molecule has 1 N–H and O–H groups in total. The zero-order valence-corrected chi connectivity index (χ0v) is 13.3. The second-order valence-corrected chi connectivity index (χ2v) is 5.98. The zero-order chi connectivity index (χ0) is 16.8. The summed E-state index contributed by atoms with van der Waals surface area (Å²) >= 11 is 0. The van der Waals surface area contributed by atoms with Gasteiger partial charge in [-0.1, -0.05) is 6.07 Å². The van der Waals surface area contributed by atoms with E-state index in [1.807, 2.05) is 0 Å². The molecule has 3 rings (SSSR count). The monoisotopic (exact) mass is 333 g/mol. The third-order valence-electron chi connectivity index (χ3n) is 3.76. The molecule has 0 radical (unpaired) electrons. The molecule has 1 saturated heterocycles. The van der Waals surface area contributed by atoms with E-state index in [1.165, 1.54) is 18.5 Å². The van der Waals surface area contributed by atoms with Crippen molar-refractivity contribution < 1.29 is 19.0 Å². The summed E-state index contributed by atoms with van der Waals surface area (Å²) in [6.07, 6.45) is 4.99. The maximum Gasteiger partial charge on any atom is 0.134 e. The first kappa shape index (κ1) is 16.8. The van der Waals surface area contributed by atoms with Gasteiger partial charge < -0.3 is 14.6 Å². The van der Waals surface area contributed by atoms with Crippen LogP contribution in [-0.2, 0) is 11.3 Å². The fraction of sp³-hybridized carbons (Fsp3) is 0.412. The number of benzene rings is 1. The molecule has 2 aromatic rings. The quantitative estimate of drug-likeness (QED) is 0.888. The van der Waals surface area contributed by atoms with Crippen molar-refractivity contribution in [3.8, 4) is 5.75 Å². The Morgan fingerprint density at radius 2 is 2.17 bits per heavy atom. The van der Waals surface area contributed by atoms with Gasteiger partial charge in [-0.15, -0.1) is 0 Å². The molecule has 1 fully saturated rings. The first-order valence-electron chi connectivity index (χ1n) is 7.78. The molecular weight excluding hydrogens is 313 g/mol. The molecule has 0 aliphatic carbocycles. The number of rotatable bonds is 5. The van der Waals surface area contributed by atoms with E-state index in [2.05, 4.69) is 14.9 Å². The van der Waals surface area contributed by atoms with Crippen LogP contribution < -0.4 is 4.74 Å². The van der Waals surface area contributed by atoms with Crippen LogP contribution in [-0.4, -0.2) is 58.5 Å². The molecule has 7 heteroatoms. The van der Waals surface area contributed by atoms with Crippen molar-refractivity contribution >= 4 is 0 Å². The van der Waals surface area contributed by atoms with Gasteiger partial charge in [0.25, 0.3) is 0 Å². The number of halogens is 1. The molecule has 0 amide bonds. The van der Waals surface area contributed by atoms with Crippen LogP contribution in [0.4, 0.5) is 4.39 Å². The minimum Gasteiger partial charge on any atom is -0.490 e. The predicted molar refractivity (Wildman–Crippen MR) is 85.0 cm³/mol. The van der Waals surface area contributed by atoms with E-state index in [0.717, 1.165) is 5.56 Å². The molecule has 1 aromatic carbocycles. The predicted octanol–water partition coefficient (Wildman–Crippen LogP) is 1.26. The Morgan fingerprint density at radius 3 is 2.96 bits per heavy atom. The third-order valence-corrected chi connectivity index (χ3v) is 3.76. The van der Waals surface area contributed by atoms with E-state index in [0.29, 0.717) is 32.0 Å². The van der Waals surface area contributed by atoms with E-state index in [-0.39, 0.29) is 19.0 Å². The van der Waals surface area contributed by atoms with Crippen molar-refractivity contribution in [3.05, 3.63) is 54.4 Å². The van der Waals surface area contributed by atoms with E-state index in [1.54, 1.807) is 24.5 Å². The highest BCUT2D eigenvalue weighted by Crippen LogP contribution is 2.18. The lowest BCUT2D eigenvalue weighted by Crippen LogP contribution is -2.48. The third kappa shape index (κ3) is 4.70. The Kier molecular flexibility index (Phi) is 5.34. The highest BCUT2D eigenvalue weighted by Gasteiger charge is 2.33. The van der Waals surface area contributed by atoms with Crippen molar-refractivity contribution in [2.24, 2.45) is 0 Å². The second-order valence-electron chi connectivity index (χ2n) is 5.98. The van der Waals surface area contributed by atoms with Gasteiger partial charge in [0.1, 0.15) is 30.1 Å². The lowest BCUT2D eigenvalue weighted by atomic mass is 10.1. The van der Waals surface area contributed by atoms with Gasteiger partial charge in [-0.25, -0.2) is 14.4 Å². The zero-order valence-electron chi connectivity index (χ0n) is 13.3. The summed E-state index contributed by atoms with van der Waals surface area (Å²) in [5.41, 5.74) is -0.203. The summed E-state index contributed by atoms with van der Waals surface area (Å²) < 4.78 is 24.3. The second kappa shape index (κ2) is 7.65. The maximum absolute atomic E-state index is 13.2. The van der Waals surface area contributed by atoms with Gasteiger partial charge in [0.2, 0.25) is 0 Å². The van der Waals surface area contributed by atoms with Gasteiger partial charge in [0, 0.05) is 43.7 Å². The molecule has 2 heterocycles. The van der Waals surface area contributed by atoms with Crippen molar-refractivity contribution in [2.45, 2.75) is 12.1 Å². The molecule has 1 aromatic heterocycles. The van der Waals surface area contributed by atoms with E-state index in [9.17, 15) is 9.50 Å². The lowest BCUT2D eigenvalue weighted by molar-refractivity contribution is -0.0647. The molecule has 128 valence electrons. The summed E-state index contributed by atoms with van der Waals surface area (Å²) in [7, 11) is 0. The smallest absolute Gasteiger partial charge is 0.134 e. The molecule has 0 unspecified atom stereocenters. The van der Waals surface area contributed by atoms with Crippen LogP contribution in [0.5, 0.6) is 5.75 Å². The number of aliphatic hydroxyl groups is 1. The van der Waals surface area contributed by atoms with Crippen LogP contribution in [0.25, 0.3) is 0 Å². The molecule has 0 bridgehead atoms. The fourth-order valence-corrected chi connectivity index (χ4v) is 2.66. The average molecular weight is 333 g/mol. The summed E-state index contributed by atoms with van der Waals surface area (Å²) in [6.45, 7) is 2.42. The highest BCUT2D eigenvalue weighted by atomic mass is 19.1. The minimum absolute atomic E-state index is 0.0260. The first-order chi connectivity index (χ1) is 11.6. The minimum atomic E-state index is -1.17. The van der Waals surface area contributed by atoms with Crippen LogP contribution in [0.15, 0.2) is 43.0 Å². The Morgan fingerprint density at radius 1 is 1.33 bits per heavy atom. The van der Waals surface area contributed by atoms with E-state index < -0.39 is 5.60 Å². The van der Waals surface area contributed by atoms with Gasteiger partial charge >= 0.3 is 0 Å². The number of β-amino-alcohol motifs (C(OH)–C–C–N with tert-alkyl or cyclic N) is 1. The van der Waals surface area contributed by atoms with E-state index >= 15 is 0 Å². The van der Waals surface area contributed by atoms with Crippen molar-refractivity contribution in [2.75, 3.05) is 32.9 Å². The van der Waals surface area contributed by atoms with Gasteiger partial charge in [-0.05, 0) is 12.1 Å². The van der Waals surface area contributed by atoms with Crippen LogP contribution in [0.2, 0.25) is 0 Å². The number of nitrogens with zero attached hydrogens (tertiary/aromatic N) is 3. The maximum atomic E-state index is 13.2. The van der Waals surface area contributed by atoms with Crippen molar-refractivity contribution in [1.82, 2.24) is 14.9 Å². The normalized spacial score (nSPS) is 22.1. The molecule has 0 spiro atoms. The number of aromatic nitrogens is 2. The Bertz CT molecular complexity index is 659. The summed E-state index contributed by atoms with van der Waals surface area (Å²) in [6, 6.07) is 5.86. The molecule has 1 aliphatic rings. The molecule has 24 heavy (non-hydrogen) atoms. The number of ether oxygens (including phenoxy) is 2. The summed E-state index contributed by atoms with van der Waals surface area (Å²) in [4.78, 5) is 10.1. The Hall–Kier alpha value is -2.09. The molecule has 0 saturated carbocycles. The van der Waals surface area contributed by atoms with Crippen LogP contribution in [0.1, 0.15) is 5.56 Å². The van der Waals surface area contributed by atoms with Crippen LogP contribution in [0.3, 0.4) is 0 Å².